The molecule has 0 amide bonds. The van der Waals surface area contributed by atoms with Crippen LogP contribution in [0.25, 0.3) is 0 Å². The molecular formula is C4H7N3S. The van der Waals surface area contributed by atoms with Crippen LogP contribution in [-0.4, -0.2) is 24.2 Å². The molecule has 44 valence electrons. The highest BCUT2D eigenvalue weighted by Crippen LogP contribution is 2.12. The van der Waals surface area contributed by atoms with E-state index in [0.29, 0.717) is 0 Å². The molecular weight excluding hydrogens is 122 g/mol. The van der Waals surface area contributed by atoms with Crippen molar-refractivity contribution in [2.75, 3.05) is 14.1 Å². The summed E-state index contributed by atoms with van der Waals surface area (Å²) < 4.78 is 0. The number of nitrogens with zero attached hydrogens (tertiary/aromatic N) is 2. The molecule has 1 rings (SSSR count). The molecule has 3 nitrogen and oxygen atoms in total. The summed E-state index contributed by atoms with van der Waals surface area (Å²) in [5.74, 6) is 2.77. The molecule has 0 saturated heterocycles. The van der Waals surface area contributed by atoms with Crippen molar-refractivity contribution in [1.82, 2.24) is 10.3 Å². The van der Waals surface area contributed by atoms with E-state index in [-0.39, 0.29) is 0 Å². The van der Waals surface area contributed by atoms with Gasteiger partial charge in [-0.1, -0.05) is 0 Å². The Morgan fingerprint density at radius 1 is 1.75 bits per heavy atom. The molecule has 1 heterocycles. The Hall–Kier alpha value is -0.380. The summed E-state index contributed by atoms with van der Waals surface area (Å²) >= 11 is 1.47. The van der Waals surface area contributed by atoms with E-state index in [4.69, 9.17) is 0 Å². The molecule has 2 radical (unpaired) electrons. The molecule has 0 atom stereocenters. The second-order valence-electron chi connectivity index (χ2n) is 1.60. The molecule has 8 heavy (non-hydrogen) atoms. The summed E-state index contributed by atoms with van der Waals surface area (Å²) in [5, 5.41) is 4.83. The summed E-state index contributed by atoms with van der Waals surface area (Å²) in [6.45, 7) is 0. The molecule has 0 aliphatic carbocycles. The Labute approximate surface area is 53.1 Å². The van der Waals surface area contributed by atoms with Gasteiger partial charge in [-0.25, -0.2) is 0 Å². The highest BCUT2D eigenvalue weighted by Gasteiger charge is 2.08. The van der Waals surface area contributed by atoms with E-state index in [9.17, 15) is 0 Å². The van der Waals surface area contributed by atoms with Crippen molar-refractivity contribution in [3.05, 3.63) is 5.88 Å². The zero-order chi connectivity index (χ0) is 5.98. The molecule has 1 aliphatic rings. The largest absolute Gasteiger partial charge is 0.356 e. The zero-order valence-corrected chi connectivity index (χ0v) is 5.62. The van der Waals surface area contributed by atoms with E-state index < -0.39 is 0 Å². The fraction of sp³-hybridized carbons (Fsp3) is 0.500. The van der Waals surface area contributed by atoms with Gasteiger partial charge in [0.05, 0.1) is 0 Å². The van der Waals surface area contributed by atoms with Gasteiger partial charge in [0, 0.05) is 14.1 Å². The maximum Gasteiger partial charge on any atom is 0.185 e. The first-order valence-corrected chi connectivity index (χ1v) is 3.04. The van der Waals surface area contributed by atoms with Crippen LogP contribution in [0.1, 0.15) is 0 Å². The molecule has 1 aliphatic heterocycles. The number of hydrogen-bond donors (Lipinski definition) is 1. The van der Waals surface area contributed by atoms with Crippen molar-refractivity contribution >= 4 is 16.9 Å². The molecule has 0 bridgehead atoms. The second kappa shape index (κ2) is 2.26. The third kappa shape index (κ3) is 1.06. The van der Waals surface area contributed by atoms with Crippen molar-refractivity contribution in [2.24, 2.45) is 5.10 Å². The summed E-state index contributed by atoms with van der Waals surface area (Å²) in [6.07, 6.45) is 0. The van der Waals surface area contributed by atoms with E-state index in [2.05, 4.69) is 16.4 Å². The molecule has 1 N–H and O–H groups in total. The lowest BCUT2D eigenvalue weighted by molar-refractivity contribution is 0.631. The number of amidine groups is 1. The third-order valence-electron chi connectivity index (χ3n) is 0.722. The number of thioether (sulfide) groups is 1. The lowest BCUT2D eigenvalue weighted by atomic mass is 10.9. The van der Waals surface area contributed by atoms with E-state index >= 15 is 0 Å². The predicted molar refractivity (Wildman–Crippen MR) is 35.1 cm³/mol. The number of hydrazone groups is 1. The van der Waals surface area contributed by atoms with E-state index in [1.807, 2.05) is 19.0 Å². The molecule has 0 aromatic heterocycles. The lowest BCUT2D eigenvalue weighted by Crippen LogP contribution is -2.16. The SMILES string of the molecule is CN(C)C1=NN[C]S1. The van der Waals surface area contributed by atoms with Gasteiger partial charge in [0.25, 0.3) is 0 Å². The number of nitrogens with one attached hydrogen (secondary N) is 1. The van der Waals surface area contributed by atoms with Gasteiger partial charge < -0.3 is 4.90 Å². The van der Waals surface area contributed by atoms with Gasteiger partial charge in [0.2, 0.25) is 0 Å². The molecule has 4 heteroatoms. The molecule has 0 saturated carbocycles. The first-order chi connectivity index (χ1) is 3.80. The van der Waals surface area contributed by atoms with Gasteiger partial charge in [0.1, 0.15) is 0 Å². The minimum Gasteiger partial charge on any atom is -0.356 e. The van der Waals surface area contributed by atoms with E-state index in [1.54, 1.807) is 0 Å². The van der Waals surface area contributed by atoms with Gasteiger partial charge in [-0.15, -0.1) is 0 Å². The standard InChI is InChI=1S/C4H7N3S/c1-7(2)4-6-5-3-8-4/h5H,1-2H3. The maximum absolute atomic E-state index is 3.88. The minimum atomic E-state index is 0.949. The van der Waals surface area contributed by atoms with Gasteiger partial charge in [-0.2, -0.15) is 5.10 Å². The third-order valence-corrected chi connectivity index (χ3v) is 1.55. The minimum absolute atomic E-state index is 0.949. The normalized spacial score (nSPS) is 17.5. The van der Waals surface area contributed by atoms with Crippen LogP contribution < -0.4 is 5.43 Å². The number of hydrogen-bond acceptors (Lipinski definition) is 4. The van der Waals surface area contributed by atoms with Crippen molar-refractivity contribution in [3.63, 3.8) is 0 Å². The van der Waals surface area contributed by atoms with Crippen molar-refractivity contribution in [1.29, 1.82) is 0 Å². The van der Waals surface area contributed by atoms with Crippen LogP contribution in [0.15, 0.2) is 5.10 Å². The van der Waals surface area contributed by atoms with Gasteiger partial charge in [0.15, 0.2) is 11.0 Å². The first-order valence-electron chi connectivity index (χ1n) is 2.22. The zero-order valence-electron chi connectivity index (χ0n) is 4.80. The lowest BCUT2D eigenvalue weighted by Gasteiger charge is -2.06. The molecule has 0 spiro atoms. The molecule has 0 unspecified atom stereocenters. The van der Waals surface area contributed by atoms with Crippen molar-refractivity contribution in [3.8, 4) is 0 Å². The van der Waals surface area contributed by atoms with Gasteiger partial charge in [-0.3, -0.25) is 5.43 Å². The van der Waals surface area contributed by atoms with Crippen LogP contribution in [-0.2, 0) is 0 Å². The summed E-state index contributed by atoms with van der Waals surface area (Å²) in [5.41, 5.74) is 2.61. The monoisotopic (exact) mass is 129 g/mol. The van der Waals surface area contributed by atoms with Crippen LogP contribution in [0.3, 0.4) is 0 Å². The van der Waals surface area contributed by atoms with Crippen LogP contribution in [0, 0.1) is 5.88 Å². The maximum atomic E-state index is 3.88. The average Bonchev–Trinajstić information content (AvgIpc) is 2.12. The summed E-state index contributed by atoms with van der Waals surface area (Å²) in [4.78, 5) is 1.93. The number of rotatable bonds is 0. The second-order valence-corrected chi connectivity index (χ2v) is 2.38. The molecule has 0 fully saturated rings. The summed E-state index contributed by atoms with van der Waals surface area (Å²) in [7, 11) is 3.89. The highest BCUT2D eigenvalue weighted by molar-refractivity contribution is 8.15. The van der Waals surface area contributed by atoms with Crippen LogP contribution >= 0.6 is 11.8 Å². The highest BCUT2D eigenvalue weighted by atomic mass is 32.2. The average molecular weight is 129 g/mol. The molecule has 0 aromatic carbocycles. The molecule has 0 aromatic rings. The summed E-state index contributed by atoms with van der Waals surface area (Å²) in [6, 6.07) is 0. The van der Waals surface area contributed by atoms with Gasteiger partial charge >= 0.3 is 0 Å². The topological polar surface area (TPSA) is 27.6 Å². The smallest absolute Gasteiger partial charge is 0.185 e. The van der Waals surface area contributed by atoms with E-state index in [1.165, 1.54) is 11.8 Å². The fourth-order valence-electron chi connectivity index (χ4n) is 0.353. The fourth-order valence-corrected chi connectivity index (χ4v) is 0.810. The Morgan fingerprint density at radius 2 is 2.50 bits per heavy atom. The Balaban J connectivity index is 2.45. The van der Waals surface area contributed by atoms with Crippen LogP contribution in [0.4, 0.5) is 0 Å². The van der Waals surface area contributed by atoms with Crippen LogP contribution in [0.2, 0.25) is 0 Å². The predicted octanol–water partition coefficient (Wildman–Crippen LogP) is 0.152. The Kier molecular flexibility index (Phi) is 1.62. The van der Waals surface area contributed by atoms with E-state index in [0.717, 1.165) is 5.17 Å². The Bertz CT molecular complexity index is 110. The van der Waals surface area contributed by atoms with Crippen molar-refractivity contribution in [2.45, 2.75) is 0 Å². The van der Waals surface area contributed by atoms with Crippen LogP contribution in [0.5, 0.6) is 0 Å². The first kappa shape index (κ1) is 5.75. The van der Waals surface area contributed by atoms with Gasteiger partial charge in [-0.05, 0) is 11.8 Å². The van der Waals surface area contributed by atoms with Crippen molar-refractivity contribution < 1.29 is 0 Å². The Morgan fingerprint density at radius 3 is 2.75 bits per heavy atom. The quantitative estimate of drug-likeness (QED) is 0.504.